The Kier molecular flexibility index (Phi) is 5.35. The van der Waals surface area contributed by atoms with Gasteiger partial charge in [-0.15, -0.1) is 0 Å². The molecule has 1 unspecified atom stereocenters. The molecule has 1 aliphatic carbocycles. The van der Waals surface area contributed by atoms with E-state index in [9.17, 15) is 23.2 Å². The highest BCUT2D eigenvalue weighted by atomic mass is 19.4. The van der Waals surface area contributed by atoms with Crippen molar-refractivity contribution >= 4 is 11.0 Å². The van der Waals surface area contributed by atoms with Gasteiger partial charge in [0.25, 0.3) is 5.56 Å². The summed E-state index contributed by atoms with van der Waals surface area (Å²) in [4.78, 5) is 32.7. The van der Waals surface area contributed by atoms with E-state index in [1.54, 1.807) is 19.3 Å². The summed E-state index contributed by atoms with van der Waals surface area (Å²) in [5.41, 5.74) is -0.0757. The van der Waals surface area contributed by atoms with E-state index in [1.807, 2.05) is 13.0 Å². The van der Waals surface area contributed by atoms with Gasteiger partial charge in [0.1, 0.15) is 28.8 Å². The number of aromatic amines is 1. The first-order valence-corrected chi connectivity index (χ1v) is 10.9. The van der Waals surface area contributed by atoms with E-state index < -0.39 is 23.5 Å². The molecular weight excluding hydrogens is 461 g/mol. The zero-order chi connectivity index (χ0) is 24.9. The van der Waals surface area contributed by atoms with Crippen LogP contribution in [0.3, 0.4) is 0 Å². The molecule has 4 aromatic rings. The van der Waals surface area contributed by atoms with Gasteiger partial charge in [-0.2, -0.15) is 23.5 Å². The summed E-state index contributed by atoms with van der Waals surface area (Å²) in [5, 5.41) is 13.8. The van der Waals surface area contributed by atoms with Gasteiger partial charge in [0.2, 0.25) is 0 Å². The van der Waals surface area contributed by atoms with Gasteiger partial charge < -0.3 is 4.98 Å². The van der Waals surface area contributed by atoms with Crippen LogP contribution in [0, 0.1) is 18.3 Å². The van der Waals surface area contributed by atoms with E-state index in [0.29, 0.717) is 17.2 Å². The zero-order valence-corrected chi connectivity index (χ0v) is 18.7. The highest BCUT2D eigenvalue weighted by Gasteiger charge is 2.38. The maximum Gasteiger partial charge on any atom is 0.433 e. The van der Waals surface area contributed by atoms with Crippen molar-refractivity contribution in [1.29, 1.82) is 5.26 Å². The molecule has 4 aromatic heterocycles. The summed E-state index contributed by atoms with van der Waals surface area (Å²) in [5.74, 6) is 0.975. The van der Waals surface area contributed by atoms with Gasteiger partial charge in [-0.25, -0.2) is 19.6 Å². The number of aromatic nitrogens is 7. The number of hydrogen-bond acceptors (Lipinski definition) is 7. The Balaban J connectivity index is 1.56. The first-order valence-electron chi connectivity index (χ1n) is 10.9. The number of H-pyrrole nitrogens is 1. The lowest BCUT2D eigenvalue weighted by Crippen LogP contribution is -2.28. The third kappa shape index (κ3) is 3.92. The van der Waals surface area contributed by atoms with Gasteiger partial charge in [-0.05, 0) is 43.9 Å². The highest BCUT2D eigenvalue weighted by Crippen LogP contribution is 2.46. The molecule has 0 aromatic carbocycles. The second-order valence-electron chi connectivity index (χ2n) is 8.61. The van der Waals surface area contributed by atoms with Gasteiger partial charge in [0.15, 0.2) is 11.3 Å². The molecule has 1 saturated carbocycles. The molecule has 1 aliphatic rings. The SMILES string of the molecule is Cc1cnc([C@@H]2CC[C@H]2c2nc3c(c(C#N)nn3C(C)c3ccc(C(F)(F)F)nc3)c(=O)[nH]2)nc1. The quantitative estimate of drug-likeness (QED) is 0.471. The summed E-state index contributed by atoms with van der Waals surface area (Å²) in [7, 11) is 0. The van der Waals surface area contributed by atoms with Crippen molar-refractivity contribution in [3.05, 3.63) is 75.2 Å². The van der Waals surface area contributed by atoms with E-state index in [-0.39, 0.29) is 28.6 Å². The number of nitriles is 1. The number of hydrogen-bond donors (Lipinski definition) is 1. The van der Waals surface area contributed by atoms with Gasteiger partial charge in [0.05, 0.1) is 6.04 Å². The molecule has 35 heavy (non-hydrogen) atoms. The minimum atomic E-state index is -4.56. The van der Waals surface area contributed by atoms with Crippen LogP contribution >= 0.6 is 0 Å². The van der Waals surface area contributed by atoms with Crippen molar-refractivity contribution in [3.8, 4) is 6.07 Å². The van der Waals surface area contributed by atoms with E-state index in [2.05, 4.69) is 30.0 Å². The Labute approximate surface area is 196 Å². The molecule has 178 valence electrons. The summed E-state index contributed by atoms with van der Waals surface area (Å²) in [6, 6.07) is 3.46. The fraction of sp³-hybridized carbons (Fsp3) is 0.348. The molecule has 12 heteroatoms. The van der Waals surface area contributed by atoms with Crippen molar-refractivity contribution < 1.29 is 13.2 Å². The molecule has 0 radical (unpaired) electrons. The van der Waals surface area contributed by atoms with E-state index in [4.69, 9.17) is 0 Å². The maximum absolute atomic E-state index is 13.0. The molecular formula is C23H19F3N8O. The second-order valence-corrected chi connectivity index (χ2v) is 8.61. The van der Waals surface area contributed by atoms with Crippen molar-refractivity contribution in [3.63, 3.8) is 0 Å². The van der Waals surface area contributed by atoms with Crippen molar-refractivity contribution in [2.24, 2.45) is 0 Å². The predicted octanol–water partition coefficient (Wildman–Crippen LogP) is 3.77. The molecule has 0 bridgehead atoms. The van der Waals surface area contributed by atoms with Crippen molar-refractivity contribution in [1.82, 2.24) is 34.7 Å². The molecule has 1 N–H and O–H groups in total. The second kappa shape index (κ2) is 8.26. The maximum atomic E-state index is 13.0. The molecule has 0 spiro atoms. The lowest BCUT2D eigenvalue weighted by Gasteiger charge is -2.34. The summed E-state index contributed by atoms with van der Waals surface area (Å²) in [6.07, 6.45) is 1.65. The molecule has 0 aliphatic heterocycles. The van der Waals surface area contributed by atoms with Crippen LogP contribution in [0.25, 0.3) is 11.0 Å². The number of fused-ring (bicyclic) bond motifs is 1. The average molecular weight is 480 g/mol. The van der Waals surface area contributed by atoms with E-state index in [0.717, 1.165) is 30.7 Å². The number of rotatable bonds is 4. The number of nitrogens with one attached hydrogen (secondary N) is 1. The third-order valence-electron chi connectivity index (χ3n) is 6.37. The molecule has 1 fully saturated rings. The number of pyridine rings is 1. The minimum absolute atomic E-state index is 0.0143. The average Bonchev–Trinajstić information content (AvgIpc) is 3.18. The number of aryl methyl sites for hydroxylation is 1. The molecule has 4 heterocycles. The molecule has 9 nitrogen and oxygen atoms in total. The first kappa shape index (κ1) is 22.6. The van der Waals surface area contributed by atoms with E-state index in [1.165, 1.54) is 10.7 Å². The first-order chi connectivity index (χ1) is 16.7. The monoisotopic (exact) mass is 480 g/mol. The normalized spacial score (nSPS) is 18.7. The Morgan fingerprint density at radius 2 is 1.86 bits per heavy atom. The van der Waals surface area contributed by atoms with Crippen LogP contribution in [0.15, 0.2) is 35.5 Å². The summed E-state index contributed by atoms with van der Waals surface area (Å²) >= 11 is 0. The Morgan fingerprint density at radius 3 is 2.43 bits per heavy atom. The highest BCUT2D eigenvalue weighted by molar-refractivity contribution is 5.80. The van der Waals surface area contributed by atoms with Crippen LogP contribution in [-0.2, 0) is 6.18 Å². The van der Waals surface area contributed by atoms with Gasteiger partial charge in [0, 0.05) is 30.4 Å². The largest absolute Gasteiger partial charge is 0.433 e. The number of alkyl halides is 3. The predicted molar refractivity (Wildman–Crippen MR) is 117 cm³/mol. The summed E-state index contributed by atoms with van der Waals surface area (Å²) in [6.45, 7) is 3.59. The van der Waals surface area contributed by atoms with Gasteiger partial charge >= 0.3 is 6.18 Å². The Bertz CT molecular complexity index is 1500. The van der Waals surface area contributed by atoms with Crippen LogP contribution in [0.1, 0.15) is 71.8 Å². The number of nitrogens with zero attached hydrogens (tertiary/aromatic N) is 7. The van der Waals surface area contributed by atoms with Crippen molar-refractivity contribution in [2.75, 3.05) is 0 Å². The summed E-state index contributed by atoms with van der Waals surface area (Å²) < 4.78 is 40.1. The smallest absolute Gasteiger partial charge is 0.310 e. The topological polar surface area (TPSA) is 126 Å². The van der Waals surface area contributed by atoms with Crippen LogP contribution in [-0.4, -0.2) is 34.7 Å². The number of halogens is 3. The fourth-order valence-electron chi connectivity index (χ4n) is 4.28. The standard InChI is InChI=1S/C23H19F3N8O/c1-11-8-29-19(30-9-11)14-4-5-15(14)20-31-21-18(22(35)32-20)16(7-27)33-34(21)12(2)13-3-6-17(28-10-13)23(24,25)26/h3,6,8-10,12,14-15H,4-5H2,1-2H3,(H,31,32,35)/t12?,14-,15-/m1/s1. The molecule has 0 amide bonds. The molecule has 5 rings (SSSR count). The minimum Gasteiger partial charge on any atom is -0.310 e. The van der Waals surface area contributed by atoms with Crippen LogP contribution < -0.4 is 5.56 Å². The van der Waals surface area contributed by atoms with Crippen molar-refractivity contribution in [2.45, 2.75) is 50.7 Å². The zero-order valence-electron chi connectivity index (χ0n) is 18.7. The lowest BCUT2D eigenvalue weighted by atomic mass is 9.72. The van der Waals surface area contributed by atoms with Gasteiger partial charge in [-0.1, -0.05) is 6.07 Å². The van der Waals surface area contributed by atoms with Crippen LogP contribution in [0.4, 0.5) is 13.2 Å². The van der Waals surface area contributed by atoms with E-state index >= 15 is 0 Å². The molecule has 0 saturated heterocycles. The van der Waals surface area contributed by atoms with Gasteiger partial charge in [-0.3, -0.25) is 9.78 Å². The Morgan fingerprint density at radius 1 is 1.14 bits per heavy atom. The Hall–Kier alpha value is -4.14. The lowest BCUT2D eigenvalue weighted by molar-refractivity contribution is -0.141. The third-order valence-corrected chi connectivity index (χ3v) is 6.37. The van der Waals surface area contributed by atoms with Crippen LogP contribution in [0.5, 0.6) is 0 Å². The molecule has 3 atom stereocenters. The van der Waals surface area contributed by atoms with Crippen LogP contribution in [0.2, 0.25) is 0 Å². The fourth-order valence-corrected chi connectivity index (χ4v) is 4.28.